The summed E-state index contributed by atoms with van der Waals surface area (Å²) in [4.78, 5) is 29.3. The van der Waals surface area contributed by atoms with E-state index < -0.39 is 0 Å². The van der Waals surface area contributed by atoms with Gasteiger partial charge in [0.25, 0.3) is 5.91 Å². The number of piperidine rings is 1. The minimum atomic E-state index is -0.123. The number of amides is 2. The number of hydrogen-bond acceptors (Lipinski definition) is 3. The highest BCUT2D eigenvalue weighted by molar-refractivity contribution is 6.30. The zero-order valence-electron chi connectivity index (χ0n) is 18.1. The molecule has 164 valence electrons. The van der Waals surface area contributed by atoms with Crippen LogP contribution in [0.1, 0.15) is 65.9 Å². The molecule has 31 heavy (non-hydrogen) atoms. The number of hydrogen-bond donors (Lipinski definition) is 0. The lowest BCUT2D eigenvalue weighted by molar-refractivity contribution is -0.128. The van der Waals surface area contributed by atoms with E-state index in [0.717, 1.165) is 49.5 Å². The van der Waals surface area contributed by atoms with Crippen molar-refractivity contribution in [2.24, 2.45) is 0 Å². The van der Waals surface area contributed by atoms with E-state index in [4.69, 9.17) is 11.6 Å². The van der Waals surface area contributed by atoms with E-state index in [2.05, 4.69) is 17.0 Å². The number of aryl methyl sites for hydroxylation is 1. The SMILES string of the molecule is O=C1CCc2ccccc2C(=O)N1CCCCCN1CCC(c2ccc(Cl)cc2)CC1. The second-order valence-corrected chi connectivity index (χ2v) is 9.17. The summed E-state index contributed by atoms with van der Waals surface area (Å²) in [6, 6.07) is 15.9. The van der Waals surface area contributed by atoms with Gasteiger partial charge in [0.15, 0.2) is 0 Å². The van der Waals surface area contributed by atoms with Gasteiger partial charge in [0.2, 0.25) is 5.91 Å². The van der Waals surface area contributed by atoms with Crippen molar-refractivity contribution in [1.82, 2.24) is 9.80 Å². The lowest BCUT2D eigenvalue weighted by atomic mass is 9.89. The molecule has 4 rings (SSSR count). The summed E-state index contributed by atoms with van der Waals surface area (Å²) < 4.78 is 0. The van der Waals surface area contributed by atoms with Crippen LogP contribution in [0, 0.1) is 0 Å². The van der Waals surface area contributed by atoms with Gasteiger partial charge in [-0.25, -0.2) is 0 Å². The Labute approximate surface area is 190 Å². The van der Waals surface area contributed by atoms with Crippen LogP contribution < -0.4 is 0 Å². The van der Waals surface area contributed by atoms with Crippen LogP contribution >= 0.6 is 11.6 Å². The third kappa shape index (κ3) is 5.55. The quantitative estimate of drug-likeness (QED) is 0.434. The maximum absolute atomic E-state index is 12.8. The highest BCUT2D eigenvalue weighted by Gasteiger charge is 2.27. The summed E-state index contributed by atoms with van der Waals surface area (Å²) >= 11 is 6.00. The van der Waals surface area contributed by atoms with Crippen LogP contribution in [0.4, 0.5) is 0 Å². The van der Waals surface area contributed by atoms with E-state index in [9.17, 15) is 9.59 Å². The number of carbonyl (C=O) groups is 2. The van der Waals surface area contributed by atoms with E-state index >= 15 is 0 Å². The highest BCUT2D eigenvalue weighted by atomic mass is 35.5. The summed E-state index contributed by atoms with van der Waals surface area (Å²) in [7, 11) is 0. The average molecular weight is 439 g/mol. The van der Waals surface area contributed by atoms with Gasteiger partial charge in [0.05, 0.1) is 0 Å². The van der Waals surface area contributed by atoms with Crippen molar-refractivity contribution in [3.8, 4) is 0 Å². The molecule has 2 aromatic carbocycles. The number of fused-ring (bicyclic) bond motifs is 1. The Morgan fingerprint density at radius 3 is 2.32 bits per heavy atom. The van der Waals surface area contributed by atoms with Gasteiger partial charge >= 0.3 is 0 Å². The molecular formula is C26H31ClN2O2. The molecule has 2 aliphatic rings. The molecule has 0 aliphatic carbocycles. The summed E-state index contributed by atoms with van der Waals surface area (Å²) in [6.45, 7) is 3.89. The lowest BCUT2D eigenvalue weighted by Crippen LogP contribution is -2.36. The van der Waals surface area contributed by atoms with Crippen LogP contribution in [0.2, 0.25) is 5.02 Å². The fraction of sp³-hybridized carbons (Fsp3) is 0.462. The fourth-order valence-corrected chi connectivity index (χ4v) is 4.94. The third-order valence-electron chi connectivity index (χ3n) is 6.69. The Hall–Kier alpha value is -2.17. The van der Waals surface area contributed by atoms with Crippen LogP contribution in [0.15, 0.2) is 48.5 Å². The van der Waals surface area contributed by atoms with Crippen molar-refractivity contribution in [3.63, 3.8) is 0 Å². The van der Waals surface area contributed by atoms with E-state index in [1.54, 1.807) is 0 Å². The van der Waals surface area contributed by atoms with Gasteiger partial charge in [-0.2, -0.15) is 0 Å². The molecule has 2 heterocycles. The van der Waals surface area contributed by atoms with Crippen molar-refractivity contribution in [2.45, 2.75) is 50.9 Å². The number of imide groups is 1. The fourth-order valence-electron chi connectivity index (χ4n) is 4.82. The second kappa shape index (κ2) is 10.4. The van der Waals surface area contributed by atoms with Crippen LogP contribution in [-0.4, -0.2) is 47.8 Å². The van der Waals surface area contributed by atoms with Crippen LogP contribution in [0.3, 0.4) is 0 Å². The molecule has 0 aromatic heterocycles. The molecule has 5 heteroatoms. The van der Waals surface area contributed by atoms with Gasteiger partial charge in [-0.05, 0) is 87.0 Å². The molecule has 0 spiro atoms. The smallest absolute Gasteiger partial charge is 0.260 e. The Kier molecular flexibility index (Phi) is 7.41. The molecule has 2 amide bonds. The van der Waals surface area contributed by atoms with Crippen molar-refractivity contribution >= 4 is 23.4 Å². The summed E-state index contributed by atoms with van der Waals surface area (Å²) in [6.07, 6.45) is 6.49. The number of likely N-dealkylation sites (tertiary alicyclic amines) is 1. The monoisotopic (exact) mass is 438 g/mol. The van der Waals surface area contributed by atoms with Crippen molar-refractivity contribution in [1.29, 1.82) is 0 Å². The summed E-state index contributed by atoms with van der Waals surface area (Å²) in [5.41, 5.74) is 3.08. The molecule has 1 fully saturated rings. The van der Waals surface area contributed by atoms with E-state index in [1.165, 1.54) is 23.3 Å². The number of nitrogens with zero attached hydrogens (tertiary/aromatic N) is 2. The molecule has 0 saturated carbocycles. The number of rotatable bonds is 7. The molecule has 1 saturated heterocycles. The third-order valence-corrected chi connectivity index (χ3v) is 6.94. The molecule has 0 radical (unpaired) electrons. The van der Waals surface area contributed by atoms with Crippen molar-refractivity contribution in [3.05, 3.63) is 70.2 Å². The maximum Gasteiger partial charge on any atom is 0.260 e. The van der Waals surface area contributed by atoms with E-state index in [0.29, 0.717) is 30.9 Å². The topological polar surface area (TPSA) is 40.6 Å². The first kappa shape index (κ1) is 22.0. The normalized spacial score (nSPS) is 18.2. The molecule has 0 unspecified atom stereocenters. The first-order valence-corrected chi connectivity index (χ1v) is 11.9. The molecule has 2 aromatic rings. The number of halogens is 1. The average Bonchev–Trinajstić information content (AvgIpc) is 2.91. The van der Waals surface area contributed by atoms with Gasteiger partial charge in [0, 0.05) is 23.6 Å². The van der Waals surface area contributed by atoms with E-state index in [1.807, 2.05) is 36.4 Å². The number of benzene rings is 2. The summed E-state index contributed by atoms with van der Waals surface area (Å²) in [5, 5.41) is 0.800. The van der Waals surface area contributed by atoms with Gasteiger partial charge in [-0.3, -0.25) is 14.5 Å². The van der Waals surface area contributed by atoms with Gasteiger partial charge < -0.3 is 4.90 Å². The molecular weight excluding hydrogens is 408 g/mol. The Morgan fingerprint density at radius 2 is 1.55 bits per heavy atom. The molecule has 0 bridgehead atoms. The van der Waals surface area contributed by atoms with Crippen LogP contribution in [-0.2, 0) is 11.2 Å². The minimum Gasteiger partial charge on any atom is -0.303 e. The zero-order chi connectivity index (χ0) is 21.6. The predicted octanol–water partition coefficient (Wildman–Crippen LogP) is 5.30. The molecule has 2 aliphatic heterocycles. The zero-order valence-corrected chi connectivity index (χ0v) is 18.8. The standard InChI is InChI=1S/C26H31ClN2O2/c27-23-11-8-20(9-12-23)21-14-18-28(19-15-21)16-4-1-5-17-29-25(30)13-10-22-6-2-3-7-24(22)26(29)31/h2-3,6-9,11-12,21H,1,4-5,10,13-19H2. The Balaban J connectivity index is 1.17. The first-order valence-electron chi connectivity index (χ1n) is 11.5. The Bertz CT molecular complexity index is 904. The van der Waals surface area contributed by atoms with Crippen LogP contribution in [0.25, 0.3) is 0 Å². The molecule has 4 nitrogen and oxygen atoms in total. The molecule has 0 atom stereocenters. The molecule has 0 N–H and O–H groups in total. The minimum absolute atomic E-state index is 0.0366. The number of unbranched alkanes of at least 4 members (excludes halogenated alkanes) is 2. The largest absolute Gasteiger partial charge is 0.303 e. The number of carbonyl (C=O) groups excluding carboxylic acids is 2. The van der Waals surface area contributed by atoms with Crippen molar-refractivity contribution < 1.29 is 9.59 Å². The van der Waals surface area contributed by atoms with Gasteiger partial charge in [-0.1, -0.05) is 48.4 Å². The van der Waals surface area contributed by atoms with Crippen molar-refractivity contribution in [2.75, 3.05) is 26.2 Å². The van der Waals surface area contributed by atoms with Gasteiger partial charge in [-0.15, -0.1) is 0 Å². The highest BCUT2D eigenvalue weighted by Crippen LogP contribution is 2.29. The first-order chi connectivity index (χ1) is 15.1. The van der Waals surface area contributed by atoms with E-state index in [-0.39, 0.29) is 11.8 Å². The Morgan fingerprint density at radius 1 is 0.839 bits per heavy atom. The second-order valence-electron chi connectivity index (χ2n) is 8.74. The lowest BCUT2D eigenvalue weighted by Gasteiger charge is -2.32. The maximum atomic E-state index is 12.8. The predicted molar refractivity (Wildman–Crippen MR) is 125 cm³/mol. The van der Waals surface area contributed by atoms with Gasteiger partial charge in [0.1, 0.15) is 0 Å². The van der Waals surface area contributed by atoms with Crippen LogP contribution in [0.5, 0.6) is 0 Å². The summed E-state index contributed by atoms with van der Waals surface area (Å²) in [5.74, 6) is 0.476.